The molecule has 1 rings (SSSR count). The van der Waals surface area contributed by atoms with E-state index in [1.165, 1.54) is 6.07 Å². The van der Waals surface area contributed by atoms with Crippen LogP contribution in [0.4, 0.5) is 0 Å². The van der Waals surface area contributed by atoms with Crippen LogP contribution in [-0.4, -0.2) is 5.11 Å². The van der Waals surface area contributed by atoms with E-state index in [1.807, 2.05) is 0 Å². The van der Waals surface area contributed by atoms with Crippen LogP contribution < -0.4 is 5.43 Å². The standard InChI is InChI=1S/C5H4O3.CH3.Fe/c6-4-1-2-8-5(7)3-4;;/h1-3,7H;1H3;. The first-order valence-corrected chi connectivity index (χ1v) is 3.52. The third kappa shape index (κ3) is 3.33. The Hall–Kier alpha value is -0.731. The van der Waals surface area contributed by atoms with Gasteiger partial charge in [-0.3, -0.25) is 4.79 Å². The molecule has 0 aliphatic heterocycles. The van der Waals surface area contributed by atoms with E-state index in [0.29, 0.717) is 0 Å². The summed E-state index contributed by atoms with van der Waals surface area (Å²) in [6, 6.07) is 2.22. The Bertz CT molecular complexity index is 230. The minimum absolute atomic E-state index is 0.256. The van der Waals surface area contributed by atoms with Crippen molar-refractivity contribution >= 4 is 0 Å². The number of hydrogen-bond acceptors (Lipinski definition) is 3. The van der Waals surface area contributed by atoms with Gasteiger partial charge in [0.05, 0.1) is 12.3 Å². The van der Waals surface area contributed by atoms with Gasteiger partial charge in [-0.25, -0.2) is 0 Å². The van der Waals surface area contributed by atoms with E-state index < -0.39 is 0 Å². The van der Waals surface area contributed by atoms with Crippen LogP contribution in [0.25, 0.3) is 0 Å². The van der Waals surface area contributed by atoms with Gasteiger partial charge in [0.15, 0.2) is 5.43 Å². The quantitative estimate of drug-likeness (QED) is 0.608. The third-order valence-corrected chi connectivity index (χ3v) is 0.687. The van der Waals surface area contributed by atoms with Crippen LogP contribution in [0.15, 0.2) is 27.6 Å². The van der Waals surface area contributed by atoms with E-state index in [4.69, 9.17) is 5.11 Å². The molecule has 1 aromatic heterocycles. The molecule has 0 radical (unpaired) electrons. The van der Waals surface area contributed by atoms with Crippen LogP contribution in [0.2, 0.25) is 5.82 Å². The molecule has 0 spiro atoms. The zero-order chi connectivity index (χ0) is 7.98. The summed E-state index contributed by atoms with van der Waals surface area (Å²) < 4.78 is 4.36. The van der Waals surface area contributed by atoms with Crippen molar-refractivity contribution in [3.8, 4) is 5.95 Å². The Balaban J connectivity index is 0.000000371. The average Bonchev–Trinajstić information content (AvgIpc) is 1.91. The van der Waals surface area contributed by atoms with Gasteiger partial charge in [0.25, 0.3) is 5.95 Å². The van der Waals surface area contributed by atoms with Crippen LogP contribution in [-0.2, 0) is 16.0 Å². The Morgan fingerprint density at radius 1 is 1.60 bits per heavy atom. The molecule has 0 aliphatic carbocycles. The van der Waals surface area contributed by atoms with Crippen LogP contribution in [0, 0.1) is 0 Å². The Morgan fingerprint density at radius 2 is 2.20 bits per heavy atom. The minimum atomic E-state index is -0.350. The van der Waals surface area contributed by atoms with Gasteiger partial charge in [-0.1, -0.05) is 0 Å². The molecule has 0 atom stereocenters. The summed E-state index contributed by atoms with van der Waals surface area (Å²) in [5.74, 6) is 1.40. The van der Waals surface area contributed by atoms with Crippen molar-refractivity contribution in [3.05, 3.63) is 28.6 Å². The normalized spacial score (nSPS) is 7.80. The molecule has 0 aliphatic rings. The molecule has 1 aromatic rings. The summed E-state index contributed by atoms with van der Waals surface area (Å²) in [5.41, 5.74) is -0.256. The Labute approximate surface area is 66.5 Å². The molecule has 0 fully saturated rings. The summed E-state index contributed by atoms with van der Waals surface area (Å²) in [7, 11) is 0. The molecular formula is C6H7FeO3. The first-order chi connectivity index (χ1) is 4.79. The first-order valence-electron chi connectivity index (χ1n) is 2.42. The third-order valence-electron chi connectivity index (χ3n) is 0.687. The van der Waals surface area contributed by atoms with E-state index in [1.54, 1.807) is 5.82 Å². The van der Waals surface area contributed by atoms with Gasteiger partial charge in [-0.15, -0.1) is 0 Å². The van der Waals surface area contributed by atoms with Crippen LogP contribution in [0.5, 0.6) is 5.95 Å². The van der Waals surface area contributed by atoms with Crippen molar-refractivity contribution in [3.63, 3.8) is 0 Å². The maximum absolute atomic E-state index is 10.3. The predicted octanol–water partition coefficient (Wildman–Crippen LogP) is 0.927. The maximum atomic E-state index is 10.3. The second-order valence-electron chi connectivity index (χ2n) is 1.31. The van der Waals surface area contributed by atoms with Crippen molar-refractivity contribution in [1.82, 2.24) is 0 Å². The molecule has 0 bridgehead atoms. The van der Waals surface area contributed by atoms with E-state index in [2.05, 4.69) is 20.4 Å². The topological polar surface area (TPSA) is 50.4 Å². The molecule has 0 saturated heterocycles. The number of aromatic hydroxyl groups is 1. The van der Waals surface area contributed by atoms with E-state index in [-0.39, 0.29) is 11.4 Å². The van der Waals surface area contributed by atoms with Crippen LogP contribution in [0.3, 0.4) is 0 Å². The summed E-state index contributed by atoms with van der Waals surface area (Å²) in [5, 5.41) is 8.45. The second-order valence-corrected chi connectivity index (χ2v) is 1.31. The second kappa shape index (κ2) is 5.09. The fourth-order valence-corrected chi connectivity index (χ4v) is 0.375. The van der Waals surface area contributed by atoms with E-state index >= 15 is 0 Å². The average molecular weight is 183 g/mol. The van der Waals surface area contributed by atoms with Gasteiger partial charge < -0.3 is 9.52 Å². The molecule has 0 aromatic carbocycles. The number of rotatable bonds is 0. The van der Waals surface area contributed by atoms with Crippen molar-refractivity contribution in [1.29, 1.82) is 0 Å². The van der Waals surface area contributed by atoms with Crippen LogP contribution >= 0.6 is 0 Å². The van der Waals surface area contributed by atoms with Crippen molar-refractivity contribution < 1.29 is 25.5 Å². The predicted molar refractivity (Wildman–Crippen MR) is 32.5 cm³/mol. The molecule has 57 valence electrons. The Kier molecular flexibility index (Phi) is 4.71. The molecule has 0 amide bonds. The van der Waals surface area contributed by atoms with Gasteiger partial charge in [0, 0.05) is 6.07 Å². The van der Waals surface area contributed by atoms with Gasteiger partial charge >= 0.3 is 21.8 Å². The van der Waals surface area contributed by atoms with Gasteiger partial charge in [-0.05, 0) is 0 Å². The number of hydrogen-bond donors (Lipinski definition) is 1. The summed E-state index contributed by atoms with van der Waals surface area (Å²) in [4.78, 5) is 10.3. The van der Waals surface area contributed by atoms with Crippen molar-refractivity contribution in [2.24, 2.45) is 0 Å². The molecular weight excluding hydrogens is 176 g/mol. The van der Waals surface area contributed by atoms with Gasteiger partial charge in [0.2, 0.25) is 0 Å². The SMILES string of the molecule is O=c1ccoc(O)c1.[CH3][Fe]. The molecule has 4 heteroatoms. The molecule has 10 heavy (non-hydrogen) atoms. The molecule has 0 saturated carbocycles. The molecule has 3 nitrogen and oxygen atoms in total. The van der Waals surface area contributed by atoms with Gasteiger partial charge in [0.1, 0.15) is 0 Å². The zero-order valence-corrected chi connectivity index (χ0v) is 6.45. The van der Waals surface area contributed by atoms with E-state index in [0.717, 1.165) is 12.3 Å². The van der Waals surface area contributed by atoms with Crippen molar-refractivity contribution in [2.75, 3.05) is 0 Å². The fraction of sp³-hybridized carbons (Fsp3) is 0.167. The monoisotopic (exact) mass is 183 g/mol. The molecule has 1 heterocycles. The van der Waals surface area contributed by atoms with Crippen molar-refractivity contribution in [2.45, 2.75) is 5.82 Å². The Morgan fingerprint density at radius 3 is 2.50 bits per heavy atom. The summed E-state index contributed by atoms with van der Waals surface area (Å²) in [6.45, 7) is 0. The summed E-state index contributed by atoms with van der Waals surface area (Å²) >= 11 is 3.25. The molecule has 1 N–H and O–H groups in total. The fourth-order valence-electron chi connectivity index (χ4n) is 0.375. The van der Waals surface area contributed by atoms with Gasteiger partial charge in [-0.2, -0.15) is 0 Å². The molecule has 0 unspecified atom stereocenters. The zero-order valence-electron chi connectivity index (χ0n) is 5.35. The summed E-state index contributed by atoms with van der Waals surface area (Å²) in [6.07, 6.45) is 1.14. The van der Waals surface area contributed by atoms with E-state index in [9.17, 15) is 4.79 Å². The first kappa shape index (κ1) is 9.27. The van der Waals surface area contributed by atoms with Crippen LogP contribution in [0.1, 0.15) is 0 Å².